The number of carbonyl (C=O) groups excluding carboxylic acids is 1. The third-order valence-electron chi connectivity index (χ3n) is 2.73. The van der Waals surface area contributed by atoms with E-state index in [1.165, 1.54) is 5.56 Å². The number of fused-ring (bicyclic) bond motifs is 1. The van der Waals surface area contributed by atoms with Crippen LogP contribution in [0.2, 0.25) is 0 Å². The van der Waals surface area contributed by atoms with Crippen LogP contribution in [0.1, 0.15) is 35.7 Å². The van der Waals surface area contributed by atoms with E-state index in [2.05, 4.69) is 11.9 Å². The van der Waals surface area contributed by atoms with E-state index < -0.39 is 5.91 Å². The van der Waals surface area contributed by atoms with E-state index in [9.17, 15) is 4.79 Å². The molecule has 2 aromatic heterocycles. The molecule has 0 aliphatic rings. The van der Waals surface area contributed by atoms with Crippen molar-refractivity contribution in [3.05, 3.63) is 35.4 Å². The van der Waals surface area contributed by atoms with Gasteiger partial charge in [0.15, 0.2) is 5.69 Å². The Morgan fingerprint density at radius 2 is 2.12 bits per heavy atom. The minimum atomic E-state index is -0.471. The van der Waals surface area contributed by atoms with Crippen molar-refractivity contribution in [1.29, 1.82) is 0 Å². The fourth-order valence-corrected chi connectivity index (χ4v) is 1.83. The third kappa shape index (κ3) is 1.56. The van der Waals surface area contributed by atoms with Gasteiger partial charge in [-0.25, -0.2) is 4.98 Å². The maximum Gasteiger partial charge on any atom is 0.269 e. The molecule has 2 N–H and O–H groups in total. The number of hydrogen-bond acceptors (Lipinski definition) is 2. The Bertz CT molecular complexity index is 542. The Kier molecular flexibility index (Phi) is 2.64. The van der Waals surface area contributed by atoms with Gasteiger partial charge in [0.1, 0.15) is 5.82 Å². The highest BCUT2D eigenvalue weighted by Crippen LogP contribution is 2.15. The molecule has 0 aromatic carbocycles. The molecule has 0 radical (unpaired) electrons. The summed E-state index contributed by atoms with van der Waals surface area (Å²) in [6.07, 6.45) is 3.76. The Balaban J connectivity index is 2.74. The molecule has 0 saturated carbocycles. The van der Waals surface area contributed by atoms with Gasteiger partial charge < -0.3 is 10.1 Å². The van der Waals surface area contributed by atoms with Crippen LogP contribution in [0.4, 0.5) is 0 Å². The van der Waals surface area contributed by atoms with Gasteiger partial charge in [-0.1, -0.05) is 19.9 Å². The topological polar surface area (TPSA) is 60.4 Å². The van der Waals surface area contributed by atoms with E-state index >= 15 is 0 Å². The lowest BCUT2D eigenvalue weighted by Crippen LogP contribution is -2.11. The molecule has 1 amide bonds. The molecule has 0 fully saturated rings. The van der Waals surface area contributed by atoms with Gasteiger partial charge in [0, 0.05) is 12.6 Å². The lowest BCUT2D eigenvalue weighted by molar-refractivity contribution is 0.0997. The standard InChI is InChI=1S/C12H15N3O/c1-3-8-5-6-9-11(12(13)16)14-10(4-2)15(9)7-8/h5-7H,3-4H2,1-2H3,(H2,13,16). The molecule has 4 heteroatoms. The number of hydrogen-bond donors (Lipinski definition) is 1. The zero-order chi connectivity index (χ0) is 11.7. The van der Waals surface area contributed by atoms with E-state index in [-0.39, 0.29) is 0 Å². The molecular formula is C12H15N3O. The minimum absolute atomic E-state index is 0.361. The van der Waals surface area contributed by atoms with E-state index in [1.54, 1.807) is 0 Å². The molecule has 84 valence electrons. The smallest absolute Gasteiger partial charge is 0.269 e. The van der Waals surface area contributed by atoms with Crippen molar-refractivity contribution in [2.75, 3.05) is 0 Å². The van der Waals surface area contributed by atoms with E-state index in [0.717, 1.165) is 24.2 Å². The summed E-state index contributed by atoms with van der Waals surface area (Å²) in [6.45, 7) is 4.11. The number of nitrogens with zero attached hydrogens (tertiary/aromatic N) is 2. The first-order valence-corrected chi connectivity index (χ1v) is 5.47. The Labute approximate surface area is 94.1 Å². The highest BCUT2D eigenvalue weighted by molar-refractivity contribution is 5.97. The van der Waals surface area contributed by atoms with E-state index in [0.29, 0.717) is 5.69 Å². The predicted octanol–water partition coefficient (Wildman–Crippen LogP) is 1.56. The van der Waals surface area contributed by atoms with Crippen molar-refractivity contribution in [2.45, 2.75) is 26.7 Å². The number of aromatic nitrogens is 2. The molecule has 0 unspecified atom stereocenters. The fourth-order valence-electron chi connectivity index (χ4n) is 1.83. The van der Waals surface area contributed by atoms with Gasteiger partial charge in [0.25, 0.3) is 5.91 Å². The fraction of sp³-hybridized carbons (Fsp3) is 0.333. The van der Waals surface area contributed by atoms with Crippen LogP contribution in [0.15, 0.2) is 18.3 Å². The molecule has 0 saturated heterocycles. The van der Waals surface area contributed by atoms with Gasteiger partial charge in [0.05, 0.1) is 5.52 Å². The highest BCUT2D eigenvalue weighted by Gasteiger charge is 2.13. The first-order chi connectivity index (χ1) is 7.67. The van der Waals surface area contributed by atoms with E-state index in [1.807, 2.05) is 29.7 Å². The van der Waals surface area contributed by atoms with Crippen LogP contribution < -0.4 is 5.73 Å². The summed E-state index contributed by atoms with van der Waals surface area (Å²) in [7, 11) is 0. The van der Waals surface area contributed by atoms with Gasteiger partial charge >= 0.3 is 0 Å². The van der Waals surface area contributed by atoms with Gasteiger partial charge in [-0.3, -0.25) is 4.79 Å². The zero-order valence-corrected chi connectivity index (χ0v) is 9.53. The monoisotopic (exact) mass is 217 g/mol. The first kappa shape index (κ1) is 10.7. The third-order valence-corrected chi connectivity index (χ3v) is 2.73. The second-order valence-electron chi connectivity index (χ2n) is 3.74. The second-order valence-corrected chi connectivity index (χ2v) is 3.74. The summed E-state index contributed by atoms with van der Waals surface area (Å²) in [5, 5.41) is 0. The molecule has 16 heavy (non-hydrogen) atoms. The average molecular weight is 217 g/mol. The maximum atomic E-state index is 11.2. The lowest BCUT2D eigenvalue weighted by Gasteiger charge is -2.01. The highest BCUT2D eigenvalue weighted by atomic mass is 16.1. The number of imidazole rings is 1. The number of carbonyl (C=O) groups is 1. The van der Waals surface area contributed by atoms with Crippen molar-refractivity contribution in [2.24, 2.45) is 5.73 Å². The minimum Gasteiger partial charge on any atom is -0.364 e. The molecule has 2 rings (SSSR count). The van der Waals surface area contributed by atoms with Gasteiger partial charge in [-0.05, 0) is 18.1 Å². The van der Waals surface area contributed by atoms with Crippen LogP contribution in [0.3, 0.4) is 0 Å². The predicted molar refractivity (Wildman–Crippen MR) is 62.5 cm³/mol. The van der Waals surface area contributed by atoms with E-state index in [4.69, 9.17) is 5.73 Å². The van der Waals surface area contributed by atoms with Gasteiger partial charge in [0.2, 0.25) is 0 Å². The molecule has 0 aliphatic carbocycles. The van der Waals surface area contributed by atoms with Crippen molar-refractivity contribution < 1.29 is 4.79 Å². The average Bonchev–Trinajstić information content (AvgIpc) is 2.66. The molecule has 4 nitrogen and oxygen atoms in total. The summed E-state index contributed by atoms with van der Waals surface area (Å²) < 4.78 is 1.96. The molecular weight excluding hydrogens is 202 g/mol. The summed E-state index contributed by atoms with van der Waals surface area (Å²) in [6, 6.07) is 3.91. The molecule has 0 atom stereocenters. The van der Waals surface area contributed by atoms with Crippen LogP contribution >= 0.6 is 0 Å². The first-order valence-electron chi connectivity index (χ1n) is 5.47. The molecule has 0 bridgehead atoms. The summed E-state index contributed by atoms with van der Waals surface area (Å²) >= 11 is 0. The molecule has 2 aromatic rings. The molecule has 0 spiro atoms. The summed E-state index contributed by atoms with van der Waals surface area (Å²) in [4.78, 5) is 15.5. The van der Waals surface area contributed by atoms with Crippen molar-refractivity contribution in [1.82, 2.24) is 9.38 Å². The molecule has 0 aliphatic heterocycles. The maximum absolute atomic E-state index is 11.2. The van der Waals surface area contributed by atoms with Crippen LogP contribution in [0.25, 0.3) is 5.52 Å². The van der Waals surface area contributed by atoms with Gasteiger partial charge in [-0.2, -0.15) is 0 Å². The number of amides is 1. The van der Waals surface area contributed by atoms with Crippen molar-refractivity contribution in [3.63, 3.8) is 0 Å². The van der Waals surface area contributed by atoms with Crippen LogP contribution in [-0.2, 0) is 12.8 Å². The number of nitrogens with two attached hydrogens (primary N) is 1. The van der Waals surface area contributed by atoms with Crippen LogP contribution in [0.5, 0.6) is 0 Å². The van der Waals surface area contributed by atoms with Crippen LogP contribution in [-0.4, -0.2) is 15.3 Å². The number of rotatable bonds is 3. The van der Waals surface area contributed by atoms with Crippen LogP contribution in [0, 0.1) is 0 Å². The second kappa shape index (κ2) is 3.96. The summed E-state index contributed by atoms with van der Waals surface area (Å²) in [5.74, 6) is 0.403. The SMILES string of the molecule is CCc1ccc2c(C(N)=O)nc(CC)n2c1. The Morgan fingerprint density at radius 1 is 1.38 bits per heavy atom. The lowest BCUT2D eigenvalue weighted by atomic mass is 10.2. The Hall–Kier alpha value is -1.84. The van der Waals surface area contributed by atoms with Crippen molar-refractivity contribution >= 4 is 11.4 Å². The quantitative estimate of drug-likeness (QED) is 0.848. The largest absolute Gasteiger partial charge is 0.364 e. The van der Waals surface area contributed by atoms with Crippen molar-refractivity contribution in [3.8, 4) is 0 Å². The number of pyridine rings is 1. The summed E-state index contributed by atoms with van der Waals surface area (Å²) in [5.41, 5.74) is 7.68. The van der Waals surface area contributed by atoms with Gasteiger partial charge in [-0.15, -0.1) is 0 Å². The number of aryl methyl sites for hydroxylation is 2. The Morgan fingerprint density at radius 3 is 2.69 bits per heavy atom. The zero-order valence-electron chi connectivity index (χ0n) is 9.53. The normalized spacial score (nSPS) is 10.9. The molecule has 2 heterocycles. The number of primary amides is 1.